The molecule has 0 fully saturated rings. The molecule has 140 valence electrons. The van der Waals surface area contributed by atoms with Gasteiger partial charge in [-0.15, -0.1) is 0 Å². The third-order valence-electron chi connectivity index (χ3n) is 6.17. The van der Waals surface area contributed by atoms with E-state index in [-0.39, 0.29) is 5.04 Å². The number of benzene rings is 2. The van der Waals surface area contributed by atoms with Gasteiger partial charge in [0.15, 0.2) is 0 Å². The first-order valence-electron chi connectivity index (χ1n) is 9.64. The predicted octanol–water partition coefficient (Wildman–Crippen LogP) is 6.35. The van der Waals surface area contributed by atoms with E-state index >= 15 is 0 Å². The van der Waals surface area contributed by atoms with Gasteiger partial charge >= 0.3 is 0 Å². The normalized spacial score (nSPS) is 17.5. The molecule has 0 heterocycles. The highest BCUT2D eigenvalue weighted by Gasteiger charge is 2.39. The lowest BCUT2D eigenvalue weighted by Crippen LogP contribution is -2.43. The van der Waals surface area contributed by atoms with Crippen LogP contribution in [0.5, 0.6) is 11.5 Å². The molecule has 0 bridgehead atoms. The van der Waals surface area contributed by atoms with Crippen LogP contribution in [0, 0.1) is 0 Å². The molecule has 1 aliphatic carbocycles. The summed E-state index contributed by atoms with van der Waals surface area (Å²) >= 11 is 0. The zero-order chi connectivity index (χ0) is 18.9. The molecule has 0 spiro atoms. The maximum atomic E-state index is 6.49. The standard InChI is InChI=1S/C23H32O2Si/c1-23(2,3)26(5,6)25-22-14-11-19-15-18(7-8-20(19)16-22)17-9-12-21(24-4)13-10-17/h9-14,16,18H,7-8,15H2,1-6H3. The maximum Gasteiger partial charge on any atom is 0.250 e. The van der Waals surface area contributed by atoms with Crippen LogP contribution < -0.4 is 9.16 Å². The van der Waals surface area contributed by atoms with Crippen molar-refractivity contribution in [1.29, 1.82) is 0 Å². The van der Waals surface area contributed by atoms with Crippen LogP contribution >= 0.6 is 0 Å². The molecule has 2 aromatic carbocycles. The Morgan fingerprint density at radius 2 is 1.58 bits per heavy atom. The summed E-state index contributed by atoms with van der Waals surface area (Å²) in [7, 11) is -0.0605. The molecule has 1 atom stereocenters. The Morgan fingerprint density at radius 3 is 2.19 bits per heavy atom. The molecule has 0 N–H and O–H groups in total. The van der Waals surface area contributed by atoms with Crippen LogP contribution in [-0.2, 0) is 12.8 Å². The largest absolute Gasteiger partial charge is 0.543 e. The first-order chi connectivity index (χ1) is 12.2. The third kappa shape index (κ3) is 3.98. The number of hydrogen-bond donors (Lipinski definition) is 0. The second kappa shape index (κ2) is 7.11. The number of aryl methyl sites for hydroxylation is 1. The summed E-state index contributed by atoms with van der Waals surface area (Å²) in [6.45, 7) is 11.5. The van der Waals surface area contributed by atoms with Gasteiger partial charge in [0.05, 0.1) is 7.11 Å². The van der Waals surface area contributed by atoms with Crippen LogP contribution in [0.15, 0.2) is 42.5 Å². The topological polar surface area (TPSA) is 18.5 Å². The quantitative estimate of drug-likeness (QED) is 0.585. The molecular formula is C23H32O2Si. The van der Waals surface area contributed by atoms with E-state index in [1.165, 1.54) is 23.1 Å². The van der Waals surface area contributed by atoms with Gasteiger partial charge in [-0.1, -0.05) is 39.0 Å². The Morgan fingerprint density at radius 1 is 0.923 bits per heavy atom. The van der Waals surface area contributed by atoms with Gasteiger partial charge in [0.2, 0.25) is 8.32 Å². The molecule has 0 saturated heterocycles. The Labute approximate surface area is 159 Å². The van der Waals surface area contributed by atoms with E-state index in [0.29, 0.717) is 5.92 Å². The number of methoxy groups -OCH3 is 1. The van der Waals surface area contributed by atoms with E-state index in [4.69, 9.17) is 9.16 Å². The summed E-state index contributed by atoms with van der Waals surface area (Å²) < 4.78 is 11.8. The van der Waals surface area contributed by atoms with E-state index in [1.807, 2.05) is 0 Å². The summed E-state index contributed by atoms with van der Waals surface area (Å²) in [5.41, 5.74) is 4.35. The lowest BCUT2D eigenvalue weighted by molar-refractivity contribution is 0.414. The minimum absolute atomic E-state index is 0.225. The van der Waals surface area contributed by atoms with Crippen LogP contribution in [0.3, 0.4) is 0 Å². The van der Waals surface area contributed by atoms with Crippen molar-refractivity contribution in [1.82, 2.24) is 0 Å². The first kappa shape index (κ1) is 19.0. The average molecular weight is 369 g/mol. The molecule has 2 aromatic rings. The van der Waals surface area contributed by atoms with Crippen molar-refractivity contribution < 1.29 is 9.16 Å². The SMILES string of the molecule is COc1ccc(C2CCc3cc(O[Si](C)(C)C(C)(C)C)ccc3C2)cc1. The van der Waals surface area contributed by atoms with E-state index in [1.54, 1.807) is 7.11 Å². The maximum absolute atomic E-state index is 6.49. The van der Waals surface area contributed by atoms with Crippen molar-refractivity contribution in [2.75, 3.05) is 7.11 Å². The molecule has 1 aliphatic rings. The molecule has 26 heavy (non-hydrogen) atoms. The van der Waals surface area contributed by atoms with Gasteiger partial charge in [0, 0.05) is 0 Å². The average Bonchev–Trinajstić information content (AvgIpc) is 2.60. The fourth-order valence-corrected chi connectivity index (χ4v) is 4.43. The Bertz CT molecular complexity index is 757. The lowest BCUT2D eigenvalue weighted by atomic mass is 9.80. The highest BCUT2D eigenvalue weighted by atomic mass is 28.4. The molecule has 2 nitrogen and oxygen atoms in total. The predicted molar refractivity (Wildman–Crippen MR) is 112 cm³/mol. The minimum atomic E-state index is -1.78. The van der Waals surface area contributed by atoms with Crippen molar-refractivity contribution in [2.45, 2.75) is 64.1 Å². The Balaban J connectivity index is 1.75. The van der Waals surface area contributed by atoms with Crippen molar-refractivity contribution >= 4 is 8.32 Å². The molecule has 0 aromatic heterocycles. The number of ether oxygens (including phenoxy) is 1. The Kier molecular flexibility index (Phi) is 5.20. The molecule has 3 rings (SSSR count). The summed E-state index contributed by atoms with van der Waals surface area (Å²) in [5, 5.41) is 0.225. The second-order valence-corrected chi connectivity index (χ2v) is 13.7. The number of fused-ring (bicyclic) bond motifs is 1. The fraction of sp³-hybridized carbons (Fsp3) is 0.478. The third-order valence-corrected chi connectivity index (χ3v) is 10.5. The van der Waals surface area contributed by atoms with Crippen molar-refractivity contribution in [3.05, 3.63) is 59.2 Å². The second-order valence-electron chi connectivity index (χ2n) is 9.01. The lowest BCUT2D eigenvalue weighted by Gasteiger charge is -2.37. The van der Waals surface area contributed by atoms with E-state index in [2.05, 4.69) is 76.3 Å². The summed E-state index contributed by atoms with van der Waals surface area (Å²) in [4.78, 5) is 0. The van der Waals surface area contributed by atoms with Crippen LogP contribution in [-0.4, -0.2) is 15.4 Å². The van der Waals surface area contributed by atoms with Gasteiger partial charge < -0.3 is 9.16 Å². The molecule has 0 radical (unpaired) electrons. The van der Waals surface area contributed by atoms with Crippen LogP contribution in [0.25, 0.3) is 0 Å². The van der Waals surface area contributed by atoms with Crippen molar-refractivity contribution in [3.63, 3.8) is 0 Å². The molecule has 0 saturated carbocycles. The van der Waals surface area contributed by atoms with Crippen LogP contribution in [0.1, 0.15) is 49.8 Å². The van der Waals surface area contributed by atoms with Gasteiger partial charge in [0.1, 0.15) is 11.5 Å². The van der Waals surface area contributed by atoms with Crippen molar-refractivity contribution in [3.8, 4) is 11.5 Å². The van der Waals surface area contributed by atoms with Gasteiger partial charge in [-0.05, 0) is 84.3 Å². The zero-order valence-corrected chi connectivity index (χ0v) is 18.1. The number of hydrogen-bond acceptors (Lipinski definition) is 2. The smallest absolute Gasteiger partial charge is 0.250 e. The van der Waals surface area contributed by atoms with E-state index in [0.717, 1.165) is 24.3 Å². The van der Waals surface area contributed by atoms with E-state index < -0.39 is 8.32 Å². The van der Waals surface area contributed by atoms with Gasteiger partial charge in [-0.25, -0.2) is 0 Å². The highest BCUT2D eigenvalue weighted by Crippen LogP contribution is 2.39. The van der Waals surface area contributed by atoms with Gasteiger partial charge in [0.25, 0.3) is 0 Å². The molecule has 3 heteroatoms. The minimum Gasteiger partial charge on any atom is -0.543 e. The van der Waals surface area contributed by atoms with Crippen molar-refractivity contribution in [2.24, 2.45) is 0 Å². The highest BCUT2D eigenvalue weighted by molar-refractivity contribution is 6.74. The fourth-order valence-electron chi connectivity index (χ4n) is 3.40. The van der Waals surface area contributed by atoms with Gasteiger partial charge in [-0.3, -0.25) is 0 Å². The zero-order valence-electron chi connectivity index (χ0n) is 17.1. The molecular weight excluding hydrogens is 336 g/mol. The van der Waals surface area contributed by atoms with E-state index in [9.17, 15) is 0 Å². The molecule has 0 amide bonds. The summed E-state index contributed by atoms with van der Waals surface area (Å²) in [5.74, 6) is 2.58. The van der Waals surface area contributed by atoms with Gasteiger partial charge in [-0.2, -0.15) is 0 Å². The van der Waals surface area contributed by atoms with Crippen LogP contribution in [0.2, 0.25) is 18.1 Å². The summed E-state index contributed by atoms with van der Waals surface area (Å²) in [6.07, 6.45) is 3.44. The molecule has 1 unspecified atom stereocenters. The first-order valence-corrected chi connectivity index (χ1v) is 12.6. The monoisotopic (exact) mass is 368 g/mol. The molecule has 0 aliphatic heterocycles. The summed E-state index contributed by atoms with van der Waals surface area (Å²) in [6, 6.07) is 15.3. The van der Waals surface area contributed by atoms with Crippen LogP contribution in [0.4, 0.5) is 0 Å². The Hall–Kier alpha value is -1.74. The number of rotatable bonds is 4.